The number of carbonyl (C=O) groups excluding carboxylic acids is 2. The lowest BCUT2D eigenvalue weighted by atomic mass is 9.88. The molecular weight excluding hydrogens is 350 g/mol. The molecule has 2 aromatic rings. The van der Waals surface area contributed by atoms with Crippen molar-refractivity contribution in [1.82, 2.24) is 24.7 Å². The molecule has 2 aliphatic rings. The highest BCUT2D eigenvalue weighted by Crippen LogP contribution is 2.31. The van der Waals surface area contributed by atoms with Gasteiger partial charge in [-0.25, -0.2) is 9.78 Å². The van der Waals surface area contributed by atoms with Crippen molar-refractivity contribution >= 4 is 18.4 Å². The summed E-state index contributed by atoms with van der Waals surface area (Å²) in [6.07, 6.45) is 3.62. The lowest BCUT2D eigenvalue weighted by Gasteiger charge is -2.50. The summed E-state index contributed by atoms with van der Waals surface area (Å²) in [6.45, 7) is 1.47. The molecule has 9 heteroatoms. The number of rotatable bonds is 2. The first-order valence-corrected chi connectivity index (χ1v) is 8.38. The molecule has 2 aliphatic heterocycles. The number of likely N-dealkylation sites (N-methyl/N-ethyl adjacent to an activating group) is 1. The third-order valence-electron chi connectivity index (χ3n) is 5.03. The van der Waals surface area contributed by atoms with Crippen LogP contribution in [0.1, 0.15) is 10.4 Å². The monoisotopic (exact) mass is 371 g/mol. The lowest BCUT2D eigenvalue weighted by Crippen LogP contribution is -2.70. The van der Waals surface area contributed by atoms with Crippen molar-refractivity contribution in [3.05, 3.63) is 42.2 Å². The van der Waals surface area contributed by atoms with Gasteiger partial charge in [0.15, 0.2) is 0 Å². The molecule has 0 atom stereocenters. The molecule has 0 bridgehead atoms. The number of imidazole rings is 1. The first kappa shape index (κ1) is 18.4. The van der Waals surface area contributed by atoms with Gasteiger partial charge in [-0.2, -0.15) is 0 Å². The van der Waals surface area contributed by atoms with E-state index in [-0.39, 0.29) is 23.9 Å². The maximum atomic E-state index is 12.7. The molecule has 0 radical (unpaired) electrons. The average Bonchev–Trinajstić information content (AvgIpc) is 3.18. The highest BCUT2D eigenvalue weighted by Gasteiger charge is 2.53. The number of hydrogen-bond acceptors (Lipinski definition) is 4. The Balaban J connectivity index is 0.000000659. The van der Waals surface area contributed by atoms with Gasteiger partial charge in [0.25, 0.3) is 12.4 Å². The van der Waals surface area contributed by atoms with Crippen molar-refractivity contribution in [1.29, 1.82) is 0 Å². The zero-order valence-electron chi connectivity index (χ0n) is 15.1. The molecule has 9 nitrogen and oxygen atoms in total. The maximum Gasteiger partial charge on any atom is 0.317 e. The van der Waals surface area contributed by atoms with Gasteiger partial charge in [-0.05, 0) is 12.1 Å². The Kier molecular flexibility index (Phi) is 4.85. The van der Waals surface area contributed by atoms with Gasteiger partial charge in [-0.1, -0.05) is 12.1 Å². The van der Waals surface area contributed by atoms with Gasteiger partial charge in [0.1, 0.15) is 5.82 Å². The van der Waals surface area contributed by atoms with E-state index in [1.165, 1.54) is 0 Å². The summed E-state index contributed by atoms with van der Waals surface area (Å²) >= 11 is 0. The second kappa shape index (κ2) is 7.10. The van der Waals surface area contributed by atoms with Gasteiger partial charge in [0.05, 0.1) is 5.54 Å². The third kappa shape index (κ3) is 3.23. The van der Waals surface area contributed by atoms with Crippen molar-refractivity contribution in [2.24, 2.45) is 7.05 Å². The van der Waals surface area contributed by atoms with Crippen LogP contribution in [0.25, 0.3) is 11.4 Å². The highest BCUT2D eigenvalue weighted by atomic mass is 16.3. The number of aromatic nitrogens is 2. The van der Waals surface area contributed by atoms with Crippen LogP contribution in [0, 0.1) is 0 Å². The van der Waals surface area contributed by atoms with Gasteiger partial charge >= 0.3 is 6.03 Å². The first-order valence-electron chi connectivity index (χ1n) is 8.38. The number of amides is 3. The molecule has 1 spiro atoms. The predicted octanol–water partition coefficient (Wildman–Crippen LogP) is 0.637. The van der Waals surface area contributed by atoms with Crippen molar-refractivity contribution in [3.63, 3.8) is 0 Å². The Morgan fingerprint density at radius 1 is 1.33 bits per heavy atom. The van der Waals surface area contributed by atoms with Crippen LogP contribution in [0.2, 0.25) is 0 Å². The minimum Gasteiger partial charge on any atom is -0.483 e. The van der Waals surface area contributed by atoms with Gasteiger partial charge < -0.3 is 24.8 Å². The van der Waals surface area contributed by atoms with Gasteiger partial charge in [0, 0.05) is 57.3 Å². The minimum atomic E-state index is -0.250. The zero-order valence-corrected chi connectivity index (χ0v) is 15.1. The van der Waals surface area contributed by atoms with Crippen molar-refractivity contribution < 1.29 is 19.5 Å². The molecular formula is C18H21N5O4. The van der Waals surface area contributed by atoms with Crippen LogP contribution in [0.4, 0.5) is 4.79 Å². The SMILES string of the molecule is CN1C(=O)NCC12CN(C(=O)c1cccc(-c3nccn3C)c1)C2.O=CO. The predicted molar refractivity (Wildman–Crippen MR) is 97.1 cm³/mol. The molecule has 1 aromatic carbocycles. The number of likely N-dealkylation sites (tertiary alicyclic amines) is 1. The number of carboxylic acid groups (broad SMARTS) is 1. The van der Waals surface area contributed by atoms with Crippen molar-refractivity contribution in [2.75, 3.05) is 26.7 Å². The normalized spacial score (nSPS) is 17.0. The number of urea groups is 1. The highest BCUT2D eigenvalue weighted by molar-refractivity contribution is 5.96. The number of nitrogens with one attached hydrogen (secondary N) is 1. The van der Waals surface area contributed by atoms with E-state index in [0.29, 0.717) is 25.2 Å². The summed E-state index contributed by atoms with van der Waals surface area (Å²) in [4.78, 5) is 40.6. The number of nitrogens with zero attached hydrogens (tertiary/aromatic N) is 4. The summed E-state index contributed by atoms with van der Waals surface area (Å²) in [7, 11) is 3.71. The number of hydrogen-bond donors (Lipinski definition) is 2. The molecule has 0 saturated carbocycles. The quantitative estimate of drug-likeness (QED) is 0.753. The van der Waals surface area contributed by atoms with Crippen molar-refractivity contribution in [3.8, 4) is 11.4 Å². The van der Waals surface area contributed by atoms with Gasteiger partial charge in [-0.15, -0.1) is 0 Å². The first-order chi connectivity index (χ1) is 12.9. The lowest BCUT2D eigenvalue weighted by molar-refractivity contribution is -0.122. The van der Waals surface area contributed by atoms with Crippen molar-refractivity contribution in [2.45, 2.75) is 5.54 Å². The fraction of sp³-hybridized carbons (Fsp3) is 0.333. The van der Waals surface area contributed by atoms with Crippen LogP contribution in [0.3, 0.4) is 0 Å². The summed E-state index contributed by atoms with van der Waals surface area (Å²) in [5.41, 5.74) is 1.31. The van der Waals surface area contributed by atoms with Crippen LogP contribution in [0.15, 0.2) is 36.7 Å². The Labute approximate surface area is 156 Å². The largest absolute Gasteiger partial charge is 0.483 e. The summed E-state index contributed by atoms with van der Waals surface area (Å²) in [5.74, 6) is 0.819. The second-order valence-electron chi connectivity index (χ2n) is 6.65. The van der Waals surface area contributed by atoms with Gasteiger partial charge in [0.2, 0.25) is 0 Å². The smallest absolute Gasteiger partial charge is 0.317 e. The van der Waals surface area contributed by atoms with E-state index in [9.17, 15) is 9.59 Å². The molecule has 2 saturated heterocycles. The molecule has 3 amide bonds. The minimum absolute atomic E-state index is 0.00978. The molecule has 27 heavy (non-hydrogen) atoms. The third-order valence-corrected chi connectivity index (χ3v) is 5.03. The number of carbonyl (C=O) groups is 3. The molecule has 4 rings (SSSR count). The number of aryl methyl sites for hydroxylation is 1. The summed E-state index contributed by atoms with van der Waals surface area (Å²) in [5, 5.41) is 9.72. The van der Waals surface area contributed by atoms with Crippen LogP contribution < -0.4 is 5.32 Å². The van der Waals surface area contributed by atoms with E-state index >= 15 is 0 Å². The van der Waals surface area contributed by atoms with E-state index in [0.717, 1.165) is 11.4 Å². The van der Waals surface area contributed by atoms with E-state index < -0.39 is 0 Å². The molecule has 2 N–H and O–H groups in total. The second-order valence-corrected chi connectivity index (χ2v) is 6.65. The Morgan fingerprint density at radius 3 is 2.59 bits per heavy atom. The number of benzene rings is 1. The van der Waals surface area contributed by atoms with E-state index in [1.54, 1.807) is 23.0 Å². The fourth-order valence-corrected chi connectivity index (χ4v) is 3.44. The van der Waals surface area contributed by atoms with E-state index in [4.69, 9.17) is 9.90 Å². The van der Waals surface area contributed by atoms with Crippen LogP contribution in [-0.2, 0) is 11.8 Å². The summed E-state index contributed by atoms with van der Waals surface area (Å²) < 4.78 is 1.92. The van der Waals surface area contributed by atoms with E-state index in [2.05, 4.69) is 10.3 Å². The fourth-order valence-electron chi connectivity index (χ4n) is 3.44. The summed E-state index contributed by atoms with van der Waals surface area (Å²) in [6, 6.07) is 7.45. The Morgan fingerprint density at radius 2 is 2.04 bits per heavy atom. The molecule has 2 fully saturated rings. The Bertz CT molecular complexity index is 872. The van der Waals surface area contributed by atoms with E-state index in [1.807, 2.05) is 42.1 Å². The molecule has 0 unspecified atom stereocenters. The topological polar surface area (TPSA) is 108 Å². The molecule has 0 aliphatic carbocycles. The molecule has 3 heterocycles. The average molecular weight is 371 g/mol. The van der Waals surface area contributed by atoms with Crippen LogP contribution in [-0.4, -0.2) is 75.1 Å². The van der Waals surface area contributed by atoms with Crippen LogP contribution in [0.5, 0.6) is 0 Å². The van der Waals surface area contributed by atoms with Crippen LogP contribution >= 0.6 is 0 Å². The van der Waals surface area contributed by atoms with Gasteiger partial charge in [-0.3, -0.25) is 9.59 Å². The zero-order chi connectivity index (χ0) is 19.6. The molecule has 142 valence electrons. The maximum absolute atomic E-state index is 12.7. The standard InChI is InChI=1S/C17H19N5O2.CH2O2/c1-20-7-6-18-14(20)12-4-3-5-13(8-12)15(23)22-10-17(11-22)9-19-16(24)21(17)2;2-1-3/h3-8H,9-11H2,1-2H3,(H,19,24);1H,(H,2,3). The Hall–Kier alpha value is -3.36. The molecule has 1 aromatic heterocycles.